The Morgan fingerprint density at radius 3 is 2.78 bits per heavy atom. The highest BCUT2D eigenvalue weighted by molar-refractivity contribution is 7.09. The fraction of sp³-hybridized carbons (Fsp3) is 0.0769. The van der Waals surface area contributed by atoms with Crippen LogP contribution in [0.15, 0.2) is 35.7 Å². The van der Waals surface area contributed by atoms with E-state index >= 15 is 0 Å². The van der Waals surface area contributed by atoms with Gasteiger partial charge >= 0.3 is 0 Å². The molecule has 1 aromatic carbocycles. The highest BCUT2D eigenvalue weighted by Crippen LogP contribution is 2.32. The maximum absolute atomic E-state index is 11.9. The zero-order valence-corrected chi connectivity index (χ0v) is 10.8. The van der Waals surface area contributed by atoms with Crippen LogP contribution in [-0.2, 0) is 11.3 Å². The predicted octanol–water partition coefficient (Wildman–Crippen LogP) is 3.13. The van der Waals surface area contributed by atoms with Gasteiger partial charge in [0.05, 0.1) is 17.8 Å². The number of halogens is 1. The number of ketones is 1. The highest BCUT2D eigenvalue weighted by atomic mass is 35.5. The second kappa shape index (κ2) is 4.23. The molecule has 2 aromatic rings. The molecule has 90 valence electrons. The lowest BCUT2D eigenvalue weighted by Crippen LogP contribution is -2.28. The average molecular weight is 278 g/mol. The van der Waals surface area contributed by atoms with E-state index in [1.54, 1.807) is 29.5 Å². The van der Waals surface area contributed by atoms with Crippen molar-refractivity contribution in [2.75, 3.05) is 4.90 Å². The number of carbonyl (C=O) groups is 2. The summed E-state index contributed by atoms with van der Waals surface area (Å²) in [6.07, 6.45) is 0. The van der Waals surface area contributed by atoms with Crippen LogP contribution >= 0.6 is 22.9 Å². The molecule has 0 unspecified atom stereocenters. The van der Waals surface area contributed by atoms with Gasteiger partial charge in [0, 0.05) is 9.90 Å². The second-order valence-electron chi connectivity index (χ2n) is 3.96. The van der Waals surface area contributed by atoms with Crippen molar-refractivity contribution < 1.29 is 9.59 Å². The molecule has 0 N–H and O–H groups in total. The van der Waals surface area contributed by atoms with Gasteiger partial charge in [-0.25, -0.2) is 0 Å². The summed E-state index contributed by atoms with van der Waals surface area (Å²) in [5.41, 5.74) is 1.03. The predicted molar refractivity (Wildman–Crippen MR) is 71.3 cm³/mol. The van der Waals surface area contributed by atoms with Gasteiger partial charge in [0.15, 0.2) is 0 Å². The zero-order chi connectivity index (χ0) is 12.7. The van der Waals surface area contributed by atoms with Crippen molar-refractivity contribution in [2.24, 2.45) is 0 Å². The van der Waals surface area contributed by atoms with Gasteiger partial charge in [-0.2, -0.15) is 0 Å². The van der Waals surface area contributed by atoms with E-state index in [1.807, 2.05) is 17.5 Å². The summed E-state index contributed by atoms with van der Waals surface area (Å²) in [5.74, 6) is -0.968. The summed E-state index contributed by atoms with van der Waals surface area (Å²) in [5, 5.41) is 2.41. The lowest BCUT2D eigenvalue weighted by molar-refractivity contribution is -0.114. The van der Waals surface area contributed by atoms with Gasteiger partial charge in [0.25, 0.3) is 11.7 Å². The molecule has 2 heterocycles. The number of rotatable bonds is 2. The number of benzene rings is 1. The molecule has 0 saturated carbocycles. The molecule has 0 fully saturated rings. The molecule has 3 rings (SSSR count). The number of carbonyl (C=O) groups excluding carboxylic acids is 2. The lowest BCUT2D eigenvalue weighted by Gasteiger charge is -2.15. The number of fused-ring (bicyclic) bond motifs is 1. The molecule has 0 radical (unpaired) electrons. The van der Waals surface area contributed by atoms with Crippen LogP contribution in [0, 0.1) is 0 Å². The highest BCUT2D eigenvalue weighted by Gasteiger charge is 2.35. The van der Waals surface area contributed by atoms with Crippen LogP contribution in [0.3, 0.4) is 0 Å². The molecule has 0 aliphatic carbocycles. The minimum absolute atomic E-state index is 0.393. The van der Waals surface area contributed by atoms with E-state index in [0.717, 1.165) is 4.88 Å². The fourth-order valence-electron chi connectivity index (χ4n) is 1.99. The Kier molecular flexibility index (Phi) is 2.69. The van der Waals surface area contributed by atoms with Gasteiger partial charge in [-0.15, -0.1) is 11.3 Å². The Balaban J connectivity index is 2.02. The largest absolute Gasteiger partial charge is 0.300 e. The Hall–Kier alpha value is -1.65. The van der Waals surface area contributed by atoms with Crippen molar-refractivity contribution in [3.05, 3.63) is 51.2 Å². The number of hydrogen-bond acceptors (Lipinski definition) is 3. The first-order valence-corrected chi connectivity index (χ1v) is 6.61. The van der Waals surface area contributed by atoms with Gasteiger partial charge in [0.2, 0.25) is 0 Å². The first kappa shape index (κ1) is 11.4. The van der Waals surface area contributed by atoms with E-state index in [1.165, 1.54) is 4.90 Å². The normalized spacial score (nSPS) is 14.2. The molecule has 0 spiro atoms. The molecule has 0 atom stereocenters. The van der Waals surface area contributed by atoms with E-state index in [-0.39, 0.29) is 0 Å². The molecule has 18 heavy (non-hydrogen) atoms. The maximum Gasteiger partial charge on any atom is 0.299 e. The summed E-state index contributed by atoms with van der Waals surface area (Å²) in [6, 6.07) is 8.81. The van der Waals surface area contributed by atoms with E-state index in [0.29, 0.717) is 22.8 Å². The summed E-state index contributed by atoms with van der Waals surface area (Å²) < 4.78 is 0. The van der Waals surface area contributed by atoms with Crippen LogP contribution in [-0.4, -0.2) is 11.7 Å². The van der Waals surface area contributed by atoms with Crippen LogP contribution in [0.1, 0.15) is 15.2 Å². The minimum Gasteiger partial charge on any atom is -0.300 e. The average Bonchev–Trinajstić information content (AvgIpc) is 2.94. The molecule has 1 aromatic heterocycles. The van der Waals surface area contributed by atoms with Gasteiger partial charge in [-0.1, -0.05) is 17.7 Å². The maximum atomic E-state index is 11.9. The molecular formula is C13H8ClNO2S. The van der Waals surface area contributed by atoms with E-state index in [4.69, 9.17) is 11.6 Å². The third kappa shape index (κ3) is 1.74. The molecule has 0 bridgehead atoms. The van der Waals surface area contributed by atoms with Crippen LogP contribution in [0.2, 0.25) is 5.02 Å². The topological polar surface area (TPSA) is 37.4 Å². The SMILES string of the molecule is O=C1C(=O)N(Cc2cccs2)c2ccc(Cl)cc21. The van der Waals surface area contributed by atoms with Crippen LogP contribution in [0.4, 0.5) is 5.69 Å². The fourth-order valence-corrected chi connectivity index (χ4v) is 2.85. The van der Waals surface area contributed by atoms with Crippen molar-refractivity contribution in [2.45, 2.75) is 6.54 Å². The summed E-state index contributed by atoms with van der Waals surface area (Å²) in [6.45, 7) is 0.427. The van der Waals surface area contributed by atoms with Crippen LogP contribution in [0.25, 0.3) is 0 Å². The molecule has 5 heteroatoms. The summed E-state index contributed by atoms with van der Waals surface area (Å²) >= 11 is 7.41. The number of nitrogens with zero attached hydrogens (tertiary/aromatic N) is 1. The smallest absolute Gasteiger partial charge is 0.299 e. The second-order valence-corrected chi connectivity index (χ2v) is 5.43. The third-order valence-electron chi connectivity index (χ3n) is 2.83. The number of amides is 1. The molecule has 3 nitrogen and oxygen atoms in total. The van der Waals surface area contributed by atoms with E-state index in [2.05, 4.69) is 0 Å². The third-order valence-corrected chi connectivity index (χ3v) is 3.92. The van der Waals surface area contributed by atoms with Crippen molar-refractivity contribution >= 4 is 40.3 Å². The number of hydrogen-bond donors (Lipinski definition) is 0. The van der Waals surface area contributed by atoms with Gasteiger partial charge in [-0.05, 0) is 29.6 Å². The molecule has 1 aliphatic heterocycles. The Morgan fingerprint density at radius 1 is 1.22 bits per heavy atom. The van der Waals surface area contributed by atoms with Crippen molar-refractivity contribution in [1.29, 1.82) is 0 Å². The Morgan fingerprint density at radius 2 is 2.06 bits per heavy atom. The standard InChI is InChI=1S/C13H8ClNO2S/c14-8-3-4-11-10(6-8)12(16)13(17)15(11)7-9-2-1-5-18-9/h1-6H,7H2. The van der Waals surface area contributed by atoms with Gasteiger partial charge in [-0.3, -0.25) is 14.5 Å². The summed E-state index contributed by atoms with van der Waals surface area (Å²) in [7, 11) is 0. The molecular weight excluding hydrogens is 270 g/mol. The quantitative estimate of drug-likeness (QED) is 0.791. The Labute approximate surface area is 113 Å². The zero-order valence-electron chi connectivity index (χ0n) is 9.22. The van der Waals surface area contributed by atoms with Gasteiger partial charge in [0.1, 0.15) is 0 Å². The monoisotopic (exact) mass is 277 g/mol. The Bertz CT molecular complexity index is 636. The lowest BCUT2D eigenvalue weighted by atomic mass is 10.1. The van der Waals surface area contributed by atoms with Crippen molar-refractivity contribution in [3.63, 3.8) is 0 Å². The van der Waals surface area contributed by atoms with E-state index < -0.39 is 11.7 Å². The molecule has 0 saturated heterocycles. The van der Waals surface area contributed by atoms with Crippen molar-refractivity contribution in [1.82, 2.24) is 0 Å². The van der Waals surface area contributed by atoms with Gasteiger partial charge < -0.3 is 0 Å². The number of thiophene rings is 1. The van der Waals surface area contributed by atoms with Crippen LogP contribution in [0.5, 0.6) is 0 Å². The first-order valence-electron chi connectivity index (χ1n) is 5.35. The minimum atomic E-state index is -0.485. The van der Waals surface area contributed by atoms with Crippen LogP contribution < -0.4 is 4.90 Å². The van der Waals surface area contributed by atoms with Crippen molar-refractivity contribution in [3.8, 4) is 0 Å². The number of anilines is 1. The van der Waals surface area contributed by atoms with E-state index in [9.17, 15) is 9.59 Å². The summed E-state index contributed by atoms with van der Waals surface area (Å²) in [4.78, 5) is 26.3. The molecule has 1 amide bonds. The molecule has 1 aliphatic rings. The number of Topliss-reactive ketones (excluding diaryl/α,β-unsaturated/α-hetero) is 1. The first-order chi connectivity index (χ1) is 8.66.